The summed E-state index contributed by atoms with van der Waals surface area (Å²) in [6, 6.07) is 10.6. The van der Waals surface area contributed by atoms with Crippen LogP contribution in [0.1, 0.15) is 24.8 Å². The fourth-order valence-electron chi connectivity index (χ4n) is 2.40. The Morgan fingerprint density at radius 2 is 2.12 bits per heavy atom. The second-order valence-corrected chi connectivity index (χ2v) is 4.23. The van der Waals surface area contributed by atoms with E-state index < -0.39 is 0 Å². The Morgan fingerprint density at radius 1 is 1.38 bits per heavy atom. The standard InChI is InChI=1S/C13H17N3/c14-8-7-12-2-1-9-16(12)13-5-3-11(10-15)4-6-13/h3-6,12H,1-2,7-9,14H2. The summed E-state index contributed by atoms with van der Waals surface area (Å²) in [5.41, 5.74) is 7.56. The summed E-state index contributed by atoms with van der Waals surface area (Å²) in [6.07, 6.45) is 3.53. The van der Waals surface area contributed by atoms with Gasteiger partial charge in [0.15, 0.2) is 0 Å². The molecule has 0 bridgehead atoms. The number of hydrogen-bond donors (Lipinski definition) is 1. The quantitative estimate of drug-likeness (QED) is 0.837. The van der Waals surface area contributed by atoms with E-state index in [1.54, 1.807) is 0 Å². The third kappa shape index (κ3) is 2.17. The van der Waals surface area contributed by atoms with Crippen molar-refractivity contribution in [3.05, 3.63) is 29.8 Å². The molecule has 0 saturated carbocycles. The molecule has 0 radical (unpaired) electrons. The lowest BCUT2D eigenvalue weighted by atomic mass is 10.1. The van der Waals surface area contributed by atoms with E-state index in [-0.39, 0.29) is 0 Å². The number of nitrogens with zero attached hydrogens (tertiary/aromatic N) is 2. The maximum Gasteiger partial charge on any atom is 0.0991 e. The van der Waals surface area contributed by atoms with Crippen LogP contribution in [0.15, 0.2) is 24.3 Å². The second-order valence-electron chi connectivity index (χ2n) is 4.23. The van der Waals surface area contributed by atoms with Crippen molar-refractivity contribution >= 4 is 5.69 Å². The van der Waals surface area contributed by atoms with E-state index in [1.165, 1.54) is 18.5 Å². The number of rotatable bonds is 3. The number of benzene rings is 1. The highest BCUT2D eigenvalue weighted by molar-refractivity contribution is 5.51. The molecule has 0 amide bonds. The molecule has 3 nitrogen and oxygen atoms in total. The van der Waals surface area contributed by atoms with Crippen molar-refractivity contribution in [2.45, 2.75) is 25.3 Å². The SMILES string of the molecule is N#Cc1ccc(N2CCCC2CCN)cc1. The van der Waals surface area contributed by atoms with Crippen LogP contribution in [0.3, 0.4) is 0 Å². The van der Waals surface area contributed by atoms with Gasteiger partial charge in [0.1, 0.15) is 0 Å². The summed E-state index contributed by atoms with van der Waals surface area (Å²) in [4.78, 5) is 2.41. The molecule has 1 heterocycles. The van der Waals surface area contributed by atoms with Gasteiger partial charge in [0, 0.05) is 18.3 Å². The average molecular weight is 215 g/mol. The van der Waals surface area contributed by atoms with Gasteiger partial charge in [-0.05, 0) is 50.1 Å². The Morgan fingerprint density at radius 3 is 2.75 bits per heavy atom. The van der Waals surface area contributed by atoms with Gasteiger partial charge in [0.25, 0.3) is 0 Å². The Kier molecular flexibility index (Phi) is 3.43. The van der Waals surface area contributed by atoms with Crippen LogP contribution < -0.4 is 10.6 Å². The molecule has 1 aliphatic rings. The minimum absolute atomic E-state index is 0.581. The smallest absolute Gasteiger partial charge is 0.0991 e. The fourth-order valence-corrected chi connectivity index (χ4v) is 2.40. The van der Waals surface area contributed by atoms with Gasteiger partial charge in [0.05, 0.1) is 11.6 Å². The molecule has 2 rings (SSSR count). The zero-order valence-corrected chi connectivity index (χ0v) is 9.39. The monoisotopic (exact) mass is 215 g/mol. The van der Waals surface area contributed by atoms with Crippen molar-refractivity contribution in [3.63, 3.8) is 0 Å². The largest absolute Gasteiger partial charge is 0.368 e. The molecule has 0 spiro atoms. The highest BCUT2D eigenvalue weighted by atomic mass is 15.2. The van der Waals surface area contributed by atoms with E-state index in [1.807, 2.05) is 24.3 Å². The van der Waals surface area contributed by atoms with Crippen LogP contribution in [0.2, 0.25) is 0 Å². The van der Waals surface area contributed by atoms with Crippen LogP contribution in [-0.4, -0.2) is 19.1 Å². The van der Waals surface area contributed by atoms with Gasteiger partial charge in [-0.2, -0.15) is 5.26 Å². The van der Waals surface area contributed by atoms with Gasteiger partial charge < -0.3 is 10.6 Å². The van der Waals surface area contributed by atoms with Crippen LogP contribution >= 0.6 is 0 Å². The Bertz CT molecular complexity index is 377. The molecule has 1 aromatic rings. The lowest BCUT2D eigenvalue weighted by Gasteiger charge is -2.26. The normalized spacial score (nSPS) is 19.8. The first-order valence-corrected chi connectivity index (χ1v) is 5.82. The molecule has 1 atom stereocenters. The van der Waals surface area contributed by atoms with Gasteiger partial charge in [-0.15, -0.1) is 0 Å². The first kappa shape index (κ1) is 11.0. The summed E-state index contributed by atoms with van der Waals surface area (Å²) in [5.74, 6) is 0. The molecule has 84 valence electrons. The van der Waals surface area contributed by atoms with Crippen molar-refractivity contribution in [3.8, 4) is 6.07 Å². The molecule has 1 fully saturated rings. The third-order valence-electron chi connectivity index (χ3n) is 3.21. The van der Waals surface area contributed by atoms with Crippen LogP contribution in [0.4, 0.5) is 5.69 Å². The van der Waals surface area contributed by atoms with Gasteiger partial charge in [-0.1, -0.05) is 0 Å². The second kappa shape index (κ2) is 5.00. The molecule has 1 aromatic carbocycles. The molecule has 0 aromatic heterocycles. The summed E-state index contributed by atoms with van der Waals surface area (Å²) in [7, 11) is 0. The van der Waals surface area contributed by atoms with E-state index in [9.17, 15) is 0 Å². The predicted molar refractivity (Wildman–Crippen MR) is 65.2 cm³/mol. The van der Waals surface area contributed by atoms with Crippen LogP contribution in [0, 0.1) is 11.3 Å². The molecule has 0 aliphatic carbocycles. The molecule has 1 aliphatic heterocycles. The Balaban J connectivity index is 2.13. The van der Waals surface area contributed by atoms with Crippen LogP contribution in [0.5, 0.6) is 0 Å². The van der Waals surface area contributed by atoms with E-state index in [0.29, 0.717) is 6.04 Å². The summed E-state index contributed by atoms with van der Waals surface area (Å²) >= 11 is 0. The van der Waals surface area contributed by atoms with E-state index in [0.717, 1.165) is 25.1 Å². The molecule has 16 heavy (non-hydrogen) atoms. The van der Waals surface area contributed by atoms with Crippen molar-refractivity contribution in [1.82, 2.24) is 0 Å². The average Bonchev–Trinajstić information content (AvgIpc) is 2.78. The third-order valence-corrected chi connectivity index (χ3v) is 3.21. The highest BCUT2D eigenvalue weighted by Crippen LogP contribution is 2.27. The minimum Gasteiger partial charge on any atom is -0.368 e. The Labute approximate surface area is 96.5 Å². The molecular weight excluding hydrogens is 198 g/mol. The topological polar surface area (TPSA) is 53.0 Å². The molecule has 2 N–H and O–H groups in total. The zero-order chi connectivity index (χ0) is 11.4. The van der Waals surface area contributed by atoms with Crippen molar-refractivity contribution < 1.29 is 0 Å². The van der Waals surface area contributed by atoms with E-state index >= 15 is 0 Å². The summed E-state index contributed by atoms with van der Waals surface area (Å²) in [6.45, 7) is 1.86. The van der Waals surface area contributed by atoms with E-state index in [4.69, 9.17) is 11.0 Å². The van der Waals surface area contributed by atoms with Gasteiger partial charge >= 0.3 is 0 Å². The number of anilines is 1. The molecule has 1 unspecified atom stereocenters. The van der Waals surface area contributed by atoms with Crippen molar-refractivity contribution in [1.29, 1.82) is 5.26 Å². The zero-order valence-electron chi connectivity index (χ0n) is 9.39. The summed E-state index contributed by atoms with van der Waals surface area (Å²) < 4.78 is 0. The lowest BCUT2D eigenvalue weighted by molar-refractivity contribution is 0.618. The van der Waals surface area contributed by atoms with Gasteiger partial charge in [0.2, 0.25) is 0 Å². The van der Waals surface area contributed by atoms with Crippen molar-refractivity contribution in [2.24, 2.45) is 5.73 Å². The fraction of sp³-hybridized carbons (Fsp3) is 0.462. The maximum absolute atomic E-state index is 8.75. The minimum atomic E-state index is 0.581. The number of hydrogen-bond acceptors (Lipinski definition) is 3. The number of nitrogens with two attached hydrogens (primary N) is 1. The lowest BCUT2D eigenvalue weighted by Crippen LogP contribution is -2.30. The first-order chi connectivity index (χ1) is 7.85. The highest BCUT2D eigenvalue weighted by Gasteiger charge is 2.23. The van der Waals surface area contributed by atoms with Crippen molar-refractivity contribution in [2.75, 3.05) is 18.0 Å². The first-order valence-electron chi connectivity index (χ1n) is 5.82. The molecule has 3 heteroatoms. The molecule has 1 saturated heterocycles. The van der Waals surface area contributed by atoms with Crippen LogP contribution in [-0.2, 0) is 0 Å². The maximum atomic E-state index is 8.75. The Hall–Kier alpha value is -1.53. The summed E-state index contributed by atoms with van der Waals surface area (Å²) in [5, 5.41) is 8.75. The molecular formula is C13H17N3. The van der Waals surface area contributed by atoms with Gasteiger partial charge in [-0.25, -0.2) is 0 Å². The van der Waals surface area contributed by atoms with E-state index in [2.05, 4.69) is 11.0 Å². The van der Waals surface area contributed by atoms with Crippen LogP contribution in [0.25, 0.3) is 0 Å². The predicted octanol–water partition coefficient (Wildman–Crippen LogP) is 1.88. The van der Waals surface area contributed by atoms with Gasteiger partial charge in [-0.3, -0.25) is 0 Å². The number of nitriles is 1.